The molecule has 2 aromatic rings. The molecule has 0 bridgehead atoms. The highest BCUT2D eigenvalue weighted by Crippen LogP contribution is 2.51. The van der Waals surface area contributed by atoms with Crippen molar-refractivity contribution in [3.05, 3.63) is 18.0 Å². The van der Waals surface area contributed by atoms with Crippen molar-refractivity contribution >= 4 is 11.3 Å². The van der Waals surface area contributed by atoms with Gasteiger partial charge in [0, 0.05) is 30.6 Å². The zero-order chi connectivity index (χ0) is 15.5. The maximum Gasteiger partial charge on any atom is 0.215 e. The van der Waals surface area contributed by atoms with Gasteiger partial charge in [-0.15, -0.1) is 0 Å². The summed E-state index contributed by atoms with van der Waals surface area (Å²) in [4.78, 5) is 9.27. The number of rotatable bonds is 3. The van der Waals surface area contributed by atoms with Crippen LogP contribution < -0.4 is 9.64 Å². The highest BCUT2D eigenvalue weighted by Gasteiger charge is 2.53. The average molecular weight is 301 g/mol. The van der Waals surface area contributed by atoms with Gasteiger partial charge in [0.25, 0.3) is 0 Å². The maximum absolute atomic E-state index is 5.40. The summed E-state index contributed by atoms with van der Waals surface area (Å²) in [5, 5.41) is 4.33. The molecule has 2 fully saturated rings. The summed E-state index contributed by atoms with van der Waals surface area (Å²) < 4.78 is 7.25. The Kier molecular flexibility index (Phi) is 2.88. The number of aromatic nitrogens is 3. The normalized spacial score (nSPS) is 20.5. The molecule has 1 aliphatic heterocycles. The molecule has 0 aromatic carbocycles. The van der Waals surface area contributed by atoms with Crippen LogP contribution in [0.2, 0.25) is 0 Å². The molecule has 1 saturated heterocycles. The number of anilines is 1. The van der Waals surface area contributed by atoms with E-state index >= 15 is 0 Å². The van der Waals surface area contributed by atoms with Crippen LogP contribution in [0.25, 0.3) is 5.52 Å². The van der Waals surface area contributed by atoms with Gasteiger partial charge < -0.3 is 14.5 Å². The van der Waals surface area contributed by atoms with Gasteiger partial charge in [0.05, 0.1) is 7.11 Å². The number of ether oxygens (including phenoxy) is 1. The van der Waals surface area contributed by atoms with Crippen molar-refractivity contribution in [1.29, 1.82) is 0 Å². The average Bonchev–Trinajstić information content (AvgIpc) is 2.73. The molecule has 2 aromatic heterocycles. The number of fused-ring (bicyclic) bond motifs is 1. The summed E-state index contributed by atoms with van der Waals surface area (Å²) in [6, 6.07) is 2.77. The van der Waals surface area contributed by atoms with Crippen LogP contribution in [-0.2, 0) is 0 Å². The zero-order valence-electron chi connectivity index (χ0n) is 13.7. The number of hydrogen-bond acceptors (Lipinski definition) is 5. The fourth-order valence-corrected chi connectivity index (χ4v) is 4.02. The molecule has 1 aliphatic carbocycles. The summed E-state index contributed by atoms with van der Waals surface area (Å²) in [6.45, 7) is 4.31. The summed E-state index contributed by atoms with van der Waals surface area (Å²) in [7, 11) is 6.04. The molecule has 1 spiro atoms. The molecule has 1 saturated carbocycles. The molecule has 6 heteroatoms. The van der Waals surface area contributed by atoms with Gasteiger partial charge in [0.15, 0.2) is 5.82 Å². The molecule has 0 atom stereocenters. The van der Waals surface area contributed by atoms with E-state index in [-0.39, 0.29) is 0 Å². The fraction of sp³-hybridized carbons (Fsp3) is 0.625. The lowest BCUT2D eigenvalue weighted by Crippen LogP contribution is -2.66. The minimum atomic E-state index is 0.515. The molecular weight excluding hydrogens is 278 g/mol. The van der Waals surface area contributed by atoms with Gasteiger partial charge in [-0.3, -0.25) is 0 Å². The molecule has 0 N–H and O–H groups in total. The van der Waals surface area contributed by atoms with Crippen molar-refractivity contribution < 1.29 is 4.74 Å². The predicted molar refractivity (Wildman–Crippen MR) is 85.6 cm³/mol. The minimum Gasteiger partial charge on any atom is -0.481 e. The van der Waals surface area contributed by atoms with Crippen LogP contribution in [0, 0.1) is 12.3 Å². The van der Waals surface area contributed by atoms with Gasteiger partial charge in [-0.1, -0.05) is 0 Å². The topological polar surface area (TPSA) is 45.9 Å². The van der Waals surface area contributed by atoms with Crippen LogP contribution in [0.4, 0.5) is 5.82 Å². The van der Waals surface area contributed by atoms with Crippen LogP contribution in [0.1, 0.15) is 18.4 Å². The summed E-state index contributed by atoms with van der Waals surface area (Å²) in [5.74, 6) is 1.80. The van der Waals surface area contributed by atoms with Gasteiger partial charge in [0.1, 0.15) is 11.8 Å². The number of nitrogens with zero attached hydrogens (tertiary/aromatic N) is 5. The third-order valence-electron chi connectivity index (χ3n) is 5.32. The third kappa shape index (κ3) is 1.83. The molecule has 0 unspecified atom stereocenters. The van der Waals surface area contributed by atoms with E-state index in [9.17, 15) is 0 Å². The van der Waals surface area contributed by atoms with Crippen LogP contribution in [0.3, 0.4) is 0 Å². The summed E-state index contributed by atoms with van der Waals surface area (Å²) in [6.07, 6.45) is 4.24. The monoisotopic (exact) mass is 301 g/mol. The molecule has 0 amide bonds. The fourth-order valence-electron chi connectivity index (χ4n) is 4.02. The van der Waals surface area contributed by atoms with Crippen molar-refractivity contribution in [2.45, 2.75) is 25.8 Å². The quantitative estimate of drug-likeness (QED) is 0.861. The molecule has 3 heterocycles. The number of hydrogen-bond donors (Lipinski definition) is 0. The Morgan fingerprint density at radius 3 is 2.68 bits per heavy atom. The molecule has 4 rings (SSSR count). The van der Waals surface area contributed by atoms with Crippen molar-refractivity contribution in [3.8, 4) is 5.88 Å². The second kappa shape index (κ2) is 4.59. The van der Waals surface area contributed by atoms with E-state index < -0.39 is 0 Å². The van der Waals surface area contributed by atoms with E-state index in [0.29, 0.717) is 5.41 Å². The van der Waals surface area contributed by atoms with E-state index in [4.69, 9.17) is 4.74 Å². The van der Waals surface area contributed by atoms with Crippen molar-refractivity contribution in [3.63, 3.8) is 0 Å². The lowest BCUT2D eigenvalue weighted by molar-refractivity contribution is 0.00103. The Labute approximate surface area is 130 Å². The smallest absolute Gasteiger partial charge is 0.215 e. The van der Waals surface area contributed by atoms with E-state index in [1.807, 2.05) is 10.6 Å². The van der Waals surface area contributed by atoms with E-state index in [0.717, 1.165) is 41.9 Å². The molecular formula is C16H23N5O. The van der Waals surface area contributed by atoms with Gasteiger partial charge in [-0.25, -0.2) is 4.98 Å². The second-order valence-electron chi connectivity index (χ2n) is 7.10. The maximum atomic E-state index is 5.40. The predicted octanol–water partition coefficient (Wildman–Crippen LogP) is 1.58. The molecule has 6 nitrogen and oxygen atoms in total. The SMILES string of the molecule is COc1cc(C)c2c(N3CC4(CC(N(C)C)C4)C3)ncnn12. The second-order valence-corrected chi connectivity index (χ2v) is 7.10. The van der Waals surface area contributed by atoms with Crippen LogP contribution in [0.5, 0.6) is 5.88 Å². The first kappa shape index (κ1) is 13.8. The largest absolute Gasteiger partial charge is 0.481 e. The first-order valence-electron chi connectivity index (χ1n) is 7.82. The standard InChI is InChI=1S/C16H23N5O/c1-11-5-13(22-4)21-14(11)15(17-10-18-21)20-8-16(9-20)6-12(7-16)19(2)3/h5,10,12H,6-9H2,1-4H3. The Hall–Kier alpha value is -1.82. The van der Waals surface area contributed by atoms with E-state index in [1.54, 1.807) is 13.4 Å². The van der Waals surface area contributed by atoms with Crippen LogP contribution in [0.15, 0.2) is 12.4 Å². The summed E-state index contributed by atoms with van der Waals surface area (Å²) >= 11 is 0. The Bertz CT molecular complexity index is 709. The van der Waals surface area contributed by atoms with Crippen molar-refractivity contribution in [2.24, 2.45) is 5.41 Å². The lowest BCUT2D eigenvalue weighted by Gasteiger charge is -2.60. The molecule has 22 heavy (non-hydrogen) atoms. The Balaban J connectivity index is 1.58. The van der Waals surface area contributed by atoms with Gasteiger partial charge >= 0.3 is 0 Å². The third-order valence-corrected chi connectivity index (χ3v) is 5.32. The molecule has 2 aliphatic rings. The lowest BCUT2D eigenvalue weighted by atomic mass is 9.60. The Morgan fingerprint density at radius 1 is 1.32 bits per heavy atom. The number of aryl methyl sites for hydroxylation is 1. The Morgan fingerprint density at radius 2 is 2.05 bits per heavy atom. The van der Waals surface area contributed by atoms with Crippen LogP contribution in [-0.4, -0.2) is 59.8 Å². The molecule has 118 valence electrons. The zero-order valence-corrected chi connectivity index (χ0v) is 13.7. The summed E-state index contributed by atoms with van der Waals surface area (Å²) in [5.41, 5.74) is 2.74. The first-order chi connectivity index (χ1) is 10.5. The highest BCUT2D eigenvalue weighted by atomic mass is 16.5. The highest BCUT2D eigenvalue weighted by molar-refractivity contribution is 5.75. The minimum absolute atomic E-state index is 0.515. The first-order valence-corrected chi connectivity index (χ1v) is 7.82. The van der Waals surface area contributed by atoms with E-state index in [1.165, 1.54) is 12.8 Å². The van der Waals surface area contributed by atoms with E-state index in [2.05, 4.69) is 40.9 Å². The van der Waals surface area contributed by atoms with Gasteiger partial charge in [-0.05, 0) is 39.4 Å². The van der Waals surface area contributed by atoms with Crippen LogP contribution >= 0.6 is 0 Å². The van der Waals surface area contributed by atoms with Gasteiger partial charge in [-0.2, -0.15) is 9.61 Å². The van der Waals surface area contributed by atoms with Gasteiger partial charge in [0.2, 0.25) is 5.88 Å². The van der Waals surface area contributed by atoms with Crippen molar-refractivity contribution in [1.82, 2.24) is 19.5 Å². The number of methoxy groups -OCH3 is 1. The van der Waals surface area contributed by atoms with Crippen molar-refractivity contribution in [2.75, 3.05) is 39.2 Å². The molecule has 0 radical (unpaired) electrons.